The van der Waals surface area contributed by atoms with Crippen LogP contribution in [-0.4, -0.2) is 77.7 Å². The Bertz CT molecular complexity index is 1740. The molecule has 6 atom stereocenters. The lowest BCUT2D eigenvalue weighted by Gasteiger charge is -2.35. The Balaban J connectivity index is 1.31. The average Bonchev–Trinajstić information content (AvgIpc) is 3.72. The lowest BCUT2D eigenvalue weighted by Crippen LogP contribution is -2.56. The molecule has 0 aliphatic carbocycles. The molecule has 2 fully saturated rings. The molecule has 0 radical (unpaired) electrons. The molecule has 7 rings (SSSR count). The molecule has 2 N–H and O–H groups in total. The fraction of sp³-hybridized carbons (Fsp3) is 0.333. The Morgan fingerprint density at radius 1 is 0.913 bits per heavy atom. The Labute approximate surface area is 266 Å². The van der Waals surface area contributed by atoms with Crippen LogP contribution in [-0.2, 0) is 28.7 Å². The zero-order chi connectivity index (χ0) is 31.8. The first-order valence-electron chi connectivity index (χ1n) is 15.7. The Hall–Kier alpha value is -4.80. The van der Waals surface area contributed by atoms with Crippen LogP contribution < -0.4 is 10.2 Å². The normalized spacial score (nSPS) is 30.4. The van der Waals surface area contributed by atoms with Crippen molar-refractivity contribution in [3.8, 4) is 0 Å². The predicted molar refractivity (Wildman–Crippen MR) is 169 cm³/mol. The van der Waals surface area contributed by atoms with Crippen molar-refractivity contribution in [3.05, 3.63) is 103 Å². The van der Waals surface area contributed by atoms with E-state index in [1.165, 1.54) is 4.90 Å². The van der Waals surface area contributed by atoms with Crippen molar-refractivity contribution < 1.29 is 33.8 Å². The van der Waals surface area contributed by atoms with E-state index in [-0.39, 0.29) is 38.6 Å². The zero-order valence-electron chi connectivity index (χ0n) is 25.2. The number of hydrogen-bond donors (Lipinski definition) is 2. The second kappa shape index (κ2) is 12.2. The number of fused-ring (bicyclic) bond motifs is 3. The number of likely N-dealkylation sites (tertiary alicyclic amines) is 1. The largest absolute Gasteiger partial charge is 0.463 e. The maximum absolute atomic E-state index is 14.8. The third kappa shape index (κ3) is 5.07. The molecule has 10 nitrogen and oxygen atoms in total. The molecule has 3 amide bonds. The standard InChI is InChI=1S/C36H35N3O7/c40-20-19-39-32-35(44)38(26-15-14-23-9-6-7-12-25(23)21-26)18-8-2-5-13-29(41)45-22-27(24-10-3-1-4-11-24)37-33(42)30-28-16-17-36(32,46-28)31(30)34(39)43/h1-4,6-12,14-17,21,27-28,30-32,40H,5,13,18-20,22H2,(H,37,42)/b8-2-/t27-,28-,30+,31+,32-,36+/m1/s1. The van der Waals surface area contributed by atoms with Crippen LogP contribution in [0.1, 0.15) is 24.4 Å². The Morgan fingerprint density at radius 2 is 1.70 bits per heavy atom. The minimum Gasteiger partial charge on any atom is -0.463 e. The highest BCUT2D eigenvalue weighted by Crippen LogP contribution is 2.55. The number of aliphatic hydroxyl groups is 1. The number of nitrogens with zero attached hydrogens (tertiary/aromatic N) is 2. The molecule has 3 aromatic rings. The lowest BCUT2D eigenvalue weighted by atomic mass is 9.74. The van der Waals surface area contributed by atoms with Gasteiger partial charge in [-0.2, -0.15) is 0 Å². The monoisotopic (exact) mass is 621 g/mol. The summed E-state index contributed by atoms with van der Waals surface area (Å²) in [6, 6.07) is 21.0. The molecule has 236 valence electrons. The van der Waals surface area contributed by atoms with Gasteiger partial charge in [0.1, 0.15) is 18.2 Å². The Morgan fingerprint density at radius 3 is 2.50 bits per heavy atom. The molecule has 3 aromatic carbocycles. The number of hydrogen-bond acceptors (Lipinski definition) is 7. The smallest absolute Gasteiger partial charge is 0.306 e. The number of aliphatic hydroxyl groups excluding tert-OH is 1. The first kappa shape index (κ1) is 29.9. The fourth-order valence-electron chi connectivity index (χ4n) is 7.33. The second-order valence-corrected chi connectivity index (χ2v) is 12.1. The number of carbonyl (C=O) groups excluding carboxylic acids is 4. The zero-order valence-corrected chi connectivity index (χ0v) is 25.2. The topological polar surface area (TPSA) is 125 Å². The van der Waals surface area contributed by atoms with Gasteiger partial charge in [-0.25, -0.2) is 0 Å². The fourth-order valence-corrected chi connectivity index (χ4v) is 7.33. The second-order valence-electron chi connectivity index (χ2n) is 12.1. The van der Waals surface area contributed by atoms with Crippen molar-refractivity contribution >= 4 is 40.2 Å². The summed E-state index contributed by atoms with van der Waals surface area (Å²) in [6.45, 7) is -0.366. The molecule has 4 aliphatic heterocycles. The summed E-state index contributed by atoms with van der Waals surface area (Å²) in [6.07, 6.45) is 6.95. The van der Waals surface area contributed by atoms with Gasteiger partial charge in [0, 0.05) is 25.2 Å². The van der Waals surface area contributed by atoms with E-state index in [9.17, 15) is 24.3 Å². The van der Waals surface area contributed by atoms with Gasteiger partial charge in [0.15, 0.2) is 0 Å². The molecule has 10 heteroatoms. The minimum absolute atomic E-state index is 0.0797. The van der Waals surface area contributed by atoms with Crippen LogP contribution in [0.2, 0.25) is 0 Å². The van der Waals surface area contributed by atoms with Crippen molar-refractivity contribution in [2.75, 3.05) is 31.2 Å². The first-order chi connectivity index (χ1) is 22.4. The van der Waals surface area contributed by atoms with Crippen LogP contribution in [0.25, 0.3) is 10.8 Å². The molecule has 1 spiro atoms. The molecule has 5 bridgehead atoms. The van der Waals surface area contributed by atoms with Crippen molar-refractivity contribution in [2.24, 2.45) is 11.8 Å². The number of allylic oxidation sites excluding steroid dienone is 1. The highest BCUT2D eigenvalue weighted by atomic mass is 16.5. The average molecular weight is 622 g/mol. The maximum atomic E-state index is 14.8. The van der Waals surface area contributed by atoms with Gasteiger partial charge in [0.2, 0.25) is 11.8 Å². The summed E-state index contributed by atoms with van der Waals surface area (Å²) < 4.78 is 12.1. The number of β-amino-alcohol motifs (C(OH)–C–C–N with tert-alkyl or cyclic N) is 1. The van der Waals surface area contributed by atoms with Gasteiger partial charge in [-0.1, -0.05) is 85.0 Å². The van der Waals surface area contributed by atoms with Crippen molar-refractivity contribution in [1.82, 2.24) is 10.2 Å². The van der Waals surface area contributed by atoms with Crippen LogP contribution >= 0.6 is 0 Å². The molecule has 4 aliphatic rings. The quantitative estimate of drug-likeness (QED) is 0.339. The molecular formula is C36H35N3O7. The van der Waals surface area contributed by atoms with Crippen molar-refractivity contribution in [2.45, 2.75) is 36.6 Å². The molecular weight excluding hydrogens is 586 g/mol. The number of nitrogens with one attached hydrogen (secondary N) is 1. The summed E-state index contributed by atoms with van der Waals surface area (Å²) in [5.41, 5.74) is -0.0229. The SMILES string of the molecule is O=C1CC/C=C\CN(c2ccc3ccccc3c2)C(=O)[C@H]2N(CCO)C(=O)[C@@H]3[C@@H](C(=O)N[C@@H](c4ccccc4)CO1)[C@H]1C=C[C@]32O1. The van der Waals surface area contributed by atoms with Gasteiger partial charge in [-0.15, -0.1) is 0 Å². The summed E-state index contributed by atoms with van der Waals surface area (Å²) >= 11 is 0. The third-order valence-corrected chi connectivity index (χ3v) is 9.46. The van der Waals surface area contributed by atoms with Crippen LogP contribution in [0.3, 0.4) is 0 Å². The van der Waals surface area contributed by atoms with E-state index in [1.54, 1.807) is 17.1 Å². The van der Waals surface area contributed by atoms with Crippen molar-refractivity contribution in [1.29, 1.82) is 0 Å². The van der Waals surface area contributed by atoms with E-state index in [1.807, 2.05) is 84.9 Å². The number of amides is 3. The maximum Gasteiger partial charge on any atom is 0.306 e. The first-order valence-corrected chi connectivity index (χ1v) is 15.7. The number of ether oxygens (including phenoxy) is 2. The molecule has 0 unspecified atom stereocenters. The molecule has 46 heavy (non-hydrogen) atoms. The summed E-state index contributed by atoms with van der Waals surface area (Å²) in [4.78, 5) is 58.7. The van der Waals surface area contributed by atoms with Crippen LogP contribution in [0.15, 0.2) is 97.1 Å². The number of carbonyl (C=O) groups is 4. The third-order valence-electron chi connectivity index (χ3n) is 9.46. The predicted octanol–water partition coefficient (Wildman–Crippen LogP) is 3.07. The molecule has 4 heterocycles. The summed E-state index contributed by atoms with van der Waals surface area (Å²) in [5, 5.41) is 15.0. The van der Waals surface area contributed by atoms with E-state index in [0.29, 0.717) is 12.1 Å². The van der Waals surface area contributed by atoms with Crippen LogP contribution in [0.5, 0.6) is 0 Å². The minimum atomic E-state index is -1.39. The van der Waals surface area contributed by atoms with Gasteiger partial charge < -0.3 is 29.7 Å². The molecule has 0 aromatic heterocycles. The van der Waals surface area contributed by atoms with Crippen LogP contribution in [0, 0.1) is 11.8 Å². The van der Waals surface area contributed by atoms with Gasteiger partial charge in [0.05, 0.1) is 30.6 Å². The summed E-state index contributed by atoms with van der Waals surface area (Å²) in [7, 11) is 0. The number of rotatable bonds is 4. The highest BCUT2D eigenvalue weighted by Gasteiger charge is 2.73. The van der Waals surface area contributed by atoms with E-state index in [2.05, 4.69) is 5.32 Å². The number of benzene rings is 3. The highest BCUT2D eigenvalue weighted by molar-refractivity contribution is 6.06. The van der Waals surface area contributed by atoms with E-state index < -0.39 is 53.4 Å². The lowest BCUT2D eigenvalue weighted by molar-refractivity contribution is -0.145. The van der Waals surface area contributed by atoms with Gasteiger partial charge in [0.25, 0.3) is 5.91 Å². The summed E-state index contributed by atoms with van der Waals surface area (Å²) in [5.74, 6) is -3.56. The molecule has 0 saturated carbocycles. The van der Waals surface area contributed by atoms with Gasteiger partial charge in [-0.3, -0.25) is 19.2 Å². The number of cyclic esters (lactones) is 1. The number of anilines is 1. The van der Waals surface area contributed by atoms with Gasteiger partial charge >= 0.3 is 5.97 Å². The van der Waals surface area contributed by atoms with Crippen LogP contribution in [0.4, 0.5) is 5.69 Å². The van der Waals surface area contributed by atoms with E-state index >= 15 is 0 Å². The van der Waals surface area contributed by atoms with Gasteiger partial charge in [-0.05, 0) is 34.9 Å². The van der Waals surface area contributed by atoms with E-state index in [4.69, 9.17) is 9.47 Å². The number of esters is 1. The Kier molecular flexibility index (Phi) is 7.92. The van der Waals surface area contributed by atoms with E-state index in [0.717, 1.165) is 16.3 Å². The molecule has 2 saturated heterocycles. The van der Waals surface area contributed by atoms with Crippen molar-refractivity contribution in [3.63, 3.8) is 0 Å².